The van der Waals surface area contributed by atoms with Gasteiger partial charge in [0, 0.05) is 18.8 Å². The van der Waals surface area contributed by atoms with Gasteiger partial charge in [0.1, 0.15) is 5.82 Å². The van der Waals surface area contributed by atoms with Gasteiger partial charge in [0.2, 0.25) is 0 Å². The summed E-state index contributed by atoms with van der Waals surface area (Å²) in [6.07, 6.45) is 0. The van der Waals surface area contributed by atoms with E-state index in [1.54, 1.807) is 0 Å². The fraction of sp³-hybridized carbons (Fsp3) is 0.643. The summed E-state index contributed by atoms with van der Waals surface area (Å²) in [6, 6.07) is 6.12. The third kappa shape index (κ3) is 5.68. The number of hydrogen-bond acceptors (Lipinski definition) is 3. The van der Waals surface area contributed by atoms with Crippen molar-refractivity contribution in [2.24, 2.45) is 0 Å². The average molecular weight is 238 g/mol. The van der Waals surface area contributed by atoms with E-state index in [4.69, 9.17) is 4.74 Å². The lowest BCUT2D eigenvalue weighted by molar-refractivity contribution is 0.122. The highest BCUT2D eigenvalue weighted by atomic mass is 16.5. The number of rotatable bonds is 1. The lowest BCUT2D eigenvalue weighted by Crippen LogP contribution is -2.36. The quantitative estimate of drug-likeness (QED) is 0.751. The van der Waals surface area contributed by atoms with Gasteiger partial charge in [-0.05, 0) is 19.1 Å². The molecule has 0 aliphatic carbocycles. The van der Waals surface area contributed by atoms with E-state index >= 15 is 0 Å². The average Bonchev–Trinajstić information content (AvgIpc) is 2.44. The van der Waals surface area contributed by atoms with Crippen molar-refractivity contribution < 1.29 is 4.74 Å². The van der Waals surface area contributed by atoms with Crippen molar-refractivity contribution in [1.29, 1.82) is 0 Å². The Balaban J connectivity index is 0.000000581. The molecule has 1 aromatic rings. The monoisotopic (exact) mass is 238 g/mol. The van der Waals surface area contributed by atoms with Gasteiger partial charge in [0.15, 0.2) is 0 Å². The van der Waals surface area contributed by atoms with Gasteiger partial charge >= 0.3 is 0 Å². The van der Waals surface area contributed by atoms with E-state index in [0.29, 0.717) is 0 Å². The molecule has 0 atom stereocenters. The molecule has 0 unspecified atom stereocenters. The molecule has 0 bridgehead atoms. The predicted octanol–water partition coefficient (Wildman–Crippen LogP) is 3.28. The third-order valence-corrected chi connectivity index (χ3v) is 2.21. The SMILES string of the molecule is CC.CC.Cc1cccc(N2CCOCC2)n1. The van der Waals surface area contributed by atoms with Crippen LogP contribution in [0, 0.1) is 6.92 Å². The topological polar surface area (TPSA) is 25.4 Å². The maximum Gasteiger partial charge on any atom is 0.128 e. The van der Waals surface area contributed by atoms with Crippen LogP contribution in [0.4, 0.5) is 5.82 Å². The summed E-state index contributed by atoms with van der Waals surface area (Å²) >= 11 is 0. The Kier molecular flexibility index (Phi) is 9.44. The van der Waals surface area contributed by atoms with Crippen molar-refractivity contribution in [3.8, 4) is 0 Å². The number of anilines is 1. The third-order valence-electron chi connectivity index (χ3n) is 2.21. The molecule has 17 heavy (non-hydrogen) atoms. The molecule has 3 nitrogen and oxygen atoms in total. The summed E-state index contributed by atoms with van der Waals surface area (Å²) in [6.45, 7) is 13.6. The molecule has 1 saturated heterocycles. The first-order chi connectivity index (χ1) is 8.36. The van der Waals surface area contributed by atoms with Crippen molar-refractivity contribution in [1.82, 2.24) is 4.98 Å². The summed E-state index contributed by atoms with van der Waals surface area (Å²) in [5, 5.41) is 0. The number of aryl methyl sites for hydroxylation is 1. The van der Waals surface area contributed by atoms with E-state index < -0.39 is 0 Å². The van der Waals surface area contributed by atoms with Gasteiger partial charge in [-0.1, -0.05) is 33.8 Å². The van der Waals surface area contributed by atoms with Gasteiger partial charge in [-0.15, -0.1) is 0 Å². The highest BCUT2D eigenvalue weighted by molar-refractivity contribution is 5.39. The fourth-order valence-corrected chi connectivity index (χ4v) is 1.50. The number of aromatic nitrogens is 1. The second-order valence-corrected chi connectivity index (χ2v) is 3.24. The molecule has 0 aromatic carbocycles. The van der Waals surface area contributed by atoms with Crippen LogP contribution < -0.4 is 4.90 Å². The zero-order chi connectivity index (χ0) is 13.1. The maximum atomic E-state index is 5.28. The standard InChI is InChI=1S/C10H14N2O.2C2H6/c1-9-3-2-4-10(11-9)12-5-7-13-8-6-12;2*1-2/h2-4H,5-8H2,1H3;2*1-2H3. The number of morpholine rings is 1. The van der Waals surface area contributed by atoms with Gasteiger partial charge in [-0.2, -0.15) is 0 Å². The molecule has 1 aromatic heterocycles. The Bertz CT molecular complexity index is 283. The van der Waals surface area contributed by atoms with Crippen molar-refractivity contribution in [3.63, 3.8) is 0 Å². The van der Waals surface area contributed by atoms with E-state index in [1.165, 1.54) is 0 Å². The second-order valence-electron chi connectivity index (χ2n) is 3.24. The van der Waals surface area contributed by atoms with E-state index in [2.05, 4.69) is 16.0 Å². The Morgan fingerprint density at radius 2 is 1.65 bits per heavy atom. The van der Waals surface area contributed by atoms with Crippen molar-refractivity contribution in [2.45, 2.75) is 34.6 Å². The van der Waals surface area contributed by atoms with Gasteiger partial charge < -0.3 is 9.64 Å². The fourth-order valence-electron chi connectivity index (χ4n) is 1.50. The Labute approximate surface area is 106 Å². The Hall–Kier alpha value is -1.09. The number of nitrogens with zero attached hydrogens (tertiary/aromatic N) is 2. The minimum atomic E-state index is 0.815. The van der Waals surface area contributed by atoms with Gasteiger partial charge in [-0.25, -0.2) is 4.98 Å². The van der Waals surface area contributed by atoms with Crippen molar-refractivity contribution in [3.05, 3.63) is 23.9 Å². The number of ether oxygens (including phenoxy) is 1. The van der Waals surface area contributed by atoms with Crippen LogP contribution >= 0.6 is 0 Å². The summed E-state index contributed by atoms with van der Waals surface area (Å²) in [5.74, 6) is 1.07. The molecule has 2 rings (SSSR count). The minimum Gasteiger partial charge on any atom is -0.378 e. The van der Waals surface area contributed by atoms with Crippen molar-refractivity contribution in [2.75, 3.05) is 31.2 Å². The summed E-state index contributed by atoms with van der Waals surface area (Å²) < 4.78 is 5.28. The van der Waals surface area contributed by atoms with Gasteiger partial charge in [0.05, 0.1) is 13.2 Å². The molecular formula is C14H26N2O. The molecule has 98 valence electrons. The molecular weight excluding hydrogens is 212 g/mol. The normalized spacial score (nSPS) is 14.1. The maximum absolute atomic E-state index is 5.28. The molecule has 1 fully saturated rings. The molecule has 1 aliphatic heterocycles. The van der Waals surface area contributed by atoms with Crippen LogP contribution in [0.25, 0.3) is 0 Å². The van der Waals surface area contributed by atoms with Crippen LogP contribution in [0.1, 0.15) is 33.4 Å². The van der Waals surface area contributed by atoms with Gasteiger partial charge in [0.25, 0.3) is 0 Å². The molecule has 1 aliphatic rings. The first kappa shape index (κ1) is 15.9. The lowest BCUT2D eigenvalue weighted by Gasteiger charge is -2.27. The number of pyridine rings is 1. The first-order valence-corrected chi connectivity index (χ1v) is 6.62. The largest absolute Gasteiger partial charge is 0.378 e. The van der Waals surface area contributed by atoms with Crippen molar-refractivity contribution >= 4 is 5.82 Å². The van der Waals surface area contributed by atoms with E-state index in [9.17, 15) is 0 Å². The minimum absolute atomic E-state index is 0.815. The van der Waals surface area contributed by atoms with Crippen LogP contribution in [0.5, 0.6) is 0 Å². The highest BCUT2D eigenvalue weighted by Crippen LogP contribution is 2.12. The molecule has 0 spiro atoms. The molecule has 0 amide bonds. The summed E-state index contributed by atoms with van der Waals surface area (Å²) in [4.78, 5) is 6.73. The number of hydrogen-bond donors (Lipinski definition) is 0. The Morgan fingerprint density at radius 1 is 1.06 bits per heavy atom. The van der Waals surface area contributed by atoms with Crippen LogP contribution in [0.3, 0.4) is 0 Å². The zero-order valence-electron chi connectivity index (χ0n) is 11.9. The van der Waals surface area contributed by atoms with E-state index in [-0.39, 0.29) is 0 Å². The van der Waals surface area contributed by atoms with E-state index in [1.807, 2.05) is 46.8 Å². The van der Waals surface area contributed by atoms with E-state index in [0.717, 1.165) is 37.8 Å². The smallest absolute Gasteiger partial charge is 0.128 e. The molecule has 2 heterocycles. The molecule has 0 N–H and O–H groups in total. The summed E-state index contributed by atoms with van der Waals surface area (Å²) in [7, 11) is 0. The molecule has 0 radical (unpaired) electrons. The second kappa shape index (κ2) is 10.1. The highest BCUT2D eigenvalue weighted by Gasteiger charge is 2.11. The van der Waals surface area contributed by atoms with Crippen LogP contribution in [-0.2, 0) is 4.74 Å². The zero-order valence-corrected chi connectivity index (χ0v) is 11.9. The predicted molar refractivity (Wildman–Crippen MR) is 74.7 cm³/mol. The van der Waals surface area contributed by atoms with Crippen LogP contribution in [0.15, 0.2) is 18.2 Å². The molecule has 3 heteroatoms. The van der Waals surface area contributed by atoms with Gasteiger partial charge in [-0.3, -0.25) is 0 Å². The molecule has 0 saturated carbocycles. The Morgan fingerprint density at radius 3 is 2.18 bits per heavy atom. The van der Waals surface area contributed by atoms with Crippen LogP contribution in [-0.4, -0.2) is 31.3 Å². The lowest BCUT2D eigenvalue weighted by atomic mass is 10.3. The van der Waals surface area contributed by atoms with Crippen LogP contribution in [0.2, 0.25) is 0 Å². The summed E-state index contributed by atoms with van der Waals surface area (Å²) in [5.41, 5.74) is 1.07. The first-order valence-electron chi connectivity index (χ1n) is 6.62.